The predicted molar refractivity (Wildman–Crippen MR) is 135 cm³/mol. The second-order valence-corrected chi connectivity index (χ2v) is 12.5. The third-order valence-corrected chi connectivity index (χ3v) is 10.3. The molecule has 5 rings (SSSR count). The summed E-state index contributed by atoms with van der Waals surface area (Å²) in [5, 5.41) is 0.486. The molecule has 0 radical (unpaired) electrons. The minimum atomic E-state index is -3.18. The van der Waals surface area contributed by atoms with Crippen LogP contribution in [0.3, 0.4) is 0 Å². The Morgan fingerprint density at radius 2 is 1.79 bits per heavy atom. The molecule has 8 heteroatoms. The summed E-state index contributed by atoms with van der Waals surface area (Å²) in [6, 6.07) is 12.3. The molecule has 0 atom stereocenters. The van der Waals surface area contributed by atoms with Crippen LogP contribution in [-0.4, -0.2) is 58.7 Å². The van der Waals surface area contributed by atoms with Gasteiger partial charge in [-0.15, -0.1) is 0 Å². The summed E-state index contributed by atoms with van der Waals surface area (Å²) in [6.07, 6.45) is 4.56. The van der Waals surface area contributed by atoms with Crippen LogP contribution in [0.15, 0.2) is 42.5 Å². The summed E-state index contributed by atoms with van der Waals surface area (Å²) in [5.41, 5.74) is 1.08. The maximum atomic E-state index is 13.4. The van der Waals surface area contributed by atoms with Gasteiger partial charge in [0.1, 0.15) is 12.4 Å². The highest BCUT2D eigenvalue weighted by Gasteiger charge is 2.51. The van der Waals surface area contributed by atoms with E-state index in [2.05, 4.69) is 4.90 Å². The molecule has 0 aromatic heterocycles. The number of sulfone groups is 1. The number of halogens is 1. The molecular weight excluding hydrogens is 472 g/mol. The Morgan fingerprint density at radius 3 is 2.38 bits per heavy atom. The number of rotatable bonds is 6. The fourth-order valence-corrected chi connectivity index (χ4v) is 7.45. The van der Waals surface area contributed by atoms with Gasteiger partial charge < -0.3 is 9.64 Å². The van der Waals surface area contributed by atoms with E-state index in [1.807, 2.05) is 24.3 Å². The summed E-state index contributed by atoms with van der Waals surface area (Å²) in [5.74, 6) is 0.308. The number of carbonyl (C=O) groups is 1. The van der Waals surface area contributed by atoms with Crippen molar-refractivity contribution in [3.8, 4) is 5.75 Å². The average Bonchev–Trinajstić information content (AvgIpc) is 3.02. The number of carbonyl (C=O) groups excluding carboxylic acids is 1. The van der Waals surface area contributed by atoms with E-state index in [-0.39, 0.29) is 5.91 Å². The fourth-order valence-electron chi connectivity index (χ4n) is 5.69. The van der Waals surface area contributed by atoms with E-state index in [1.54, 1.807) is 18.2 Å². The molecule has 34 heavy (non-hydrogen) atoms. The van der Waals surface area contributed by atoms with Crippen molar-refractivity contribution in [1.29, 1.82) is 0 Å². The van der Waals surface area contributed by atoms with Crippen molar-refractivity contribution in [3.63, 3.8) is 0 Å². The van der Waals surface area contributed by atoms with E-state index in [0.29, 0.717) is 73.9 Å². The van der Waals surface area contributed by atoms with Crippen molar-refractivity contribution < 1.29 is 22.1 Å². The zero-order valence-corrected chi connectivity index (χ0v) is 20.8. The van der Waals surface area contributed by atoms with Gasteiger partial charge in [-0.05, 0) is 86.7 Å². The number of nitrogens with zero attached hydrogens (tertiary/aromatic N) is 2. The molecule has 2 aromatic rings. The van der Waals surface area contributed by atoms with Crippen molar-refractivity contribution in [2.45, 2.75) is 42.3 Å². The molecule has 1 saturated heterocycles. The van der Waals surface area contributed by atoms with Crippen LogP contribution >= 0.6 is 11.6 Å². The second-order valence-electron chi connectivity index (χ2n) is 9.72. The fraction of sp³-hybridized carbons (Fsp3) is 0.500. The molecule has 2 aromatic carbocycles. The SMILES string of the molecule is [2H]C([2H])([2H])N1C(=O)C2(CCN(CCOc3ccc(C4(S(C)(=O)=O)CCC4)cc3)CC2)c2cc(Cl)ccc21. The topological polar surface area (TPSA) is 66.9 Å². The molecular formula is C26H31ClN2O4S. The van der Waals surface area contributed by atoms with Gasteiger partial charge in [0.15, 0.2) is 9.84 Å². The molecule has 2 aliphatic heterocycles. The molecule has 0 bridgehead atoms. The highest BCUT2D eigenvalue weighted by Crippen LogP contribution is 2.49. The Morgan fingerprint density at radius 1 is 1.09 bits per heavy atom. The Balaban J connectivity index is 1.20. The number of hydrogen-bond donors (Lipinski definition) is 0. The average molecular weight is 506 g/mol. The van der Waals surface area contributed by atoms with E-state index < -0.39 is 27.0 Å². The van der Waals surface area contributed by atoms with Crippen LogP contribution in [0.4, 0.5) is 5.69 Å². The van der Waals surface area contributed by atoms with Gasteiger partial charge in [-0.25, -0.2) is 8.42 Å². The van der Waals surface area contributed by atoms with Crippen molar-refractivity contribution >= 4 is 33.0 Å². The van der Waals surface area contributed by atoms with Crippen molar-refractivity contribution in [1.82, 2.24) is 4.90 Å². The van der Waals surface area contributed by atoms with Gasteiger partial charge >= 0.3 is 0 Å². The van der Waals surface area contributed by atoms with Gasteiger partial charge in [0.05, 0.1) is 10.2 Å². The molecule has 1 amide bonds. The number of anilines is 1. The van der Waals surface area contributed by atoms with Crippen LogP contribution in [-0.2, 0) is 24.8 Å². The maximum absolute atomic E-state index is 13.4. The first-order valence-corrected chi connectivity index (χ1v) is 13.9. The normalized spacial score (nSPS) is 23.1. The number of likely N-dealkylation sites (tertiary alicyclic amines) is 1. The summed E-state index contributed by atoms with van der Waals surface area (Å²) in [6.45, 7) is -0.188. The van der Waals surface area contributed by atoms with Gasteiger partial charge in [-0.3, -0.25) is 9.69 Å². The van der Waals surface area contributed by atoms with Crippen LogP contribution in [0.2, 0.25) is 5.02 Å². The van der Waals surface area contributed by atoms with Crippen molar-refractivity contribution in [3.05, 3.63) is 58.6 Å². The summed E-state index contributed by atoms with van der Waals surface area (Å²) < 4.78 is 53.5. The summed E-state index contributed by atoms with van der Waals surface area (Å²) in [4.78, 5) is 16.6. The molecule has 182 valence electrons. The summed E-state index contributed by atoms with van der Waals surface area (Å²) >= 11 is 6.23. The first-order valence-electron chi connectivity index (χ1n) is 13.2. The lowest BCUT2D eigenvalue weighted by Crippen LogP contribution is -2.48. The lowest BCUT2D eigenvalue weighted by Gasteiger charge is -2.40. The van der Waals surface area contributed by atoms with Crippen molar-refractivity contribution in [2.75, 3.05) is 44.4 Å². The number of hydrogen-bond acceptors (Lipinski definition) is 5. The molecule has 1 aliphatic carbocycles. The van der Waals surface area contributed by atoms with E-state index in [9.17, 15) is 13.2 Å². The molecule has 3 aliphatic rings. The molecule has 0 unspecified atom stereocenters. The van der Waals surface area contributed by atoms with E-state index in [0.717, 1.165) is 16.9 Å². The van der Waals surface area contributed by atoms with Crippen LogP contribution < -0.4 is 9.64 Å². The van der Waals surface area contributed by atoms with Crippen molar-refractivity contribution in [2.24, 2.45) is 0 Å². The van der Waals surface area contributed by atoms with E-state index in [1.165, 1.54) is 6.26 Å². The number of benzene rings is 2. The van der Waals surface area contributed by atoms with Gasteiger partial charge in [0, 0.05) is 34.6 Å². The zero-order valence-electron chi connectivity index (χ0n) is 22.2. The standard InChI is InChI=1S/C26H31ClN2O4S/c1-28-23-9-6-20(27)18-22(23)25(24(28)30)12-14-29(15-13-25)16-17-33-21-7-4-19(5-8-21)26(10-3-11-26)34(2,31)32/h4-9,18H,3,10-17H2,1-2H3/i1D3. The monoisotopic (exact) mass is 505 g/mol. The Hall–Kier alpha value is -2.09. The maximum Gasteiger partial charge on any atom is 0.237 e. The molecule has 1 spiro atoms. The number of piperidine rings is 1. The Kier molecular flexibility index (Phi) is 5.06. The molecule has 2 heterocycles. The first-order chi connectivity index (χ1) is 17.4. The summed E-state index contributed by atoms with van der Waals surface area (Å²) in [7, 11) is -3.18. The largest absolute Gasteiger partial charge is 0.492 e. The smallest absolute Gasteiger partial charge is 0.237 e. The van der Waals surface area contributed by atoms with Crippen LogP contribution in [0, 0.1) is 0 Å². The lowest BCUT2D eigenvalue weighted by molar-refractivity contribution is -0.124. The van der Waals surface area contributed by atoms with Gasteiger partial charge in [0.25, 0.3) is 0 Å². The molecule has 0 N–H and O–H groups in total. The van der Waals surface area contributed by atoms with Crippen LogP contribution in [0.25, 0.3) is 0 Å². The Labute approximate surface area is 211 Å². The first kappa shape index (κ1) is 20.1. The number of ether oxygens (including phenoxy) is 1. The predicted octanol–water partition coefficient (Wildman–Crippen LogP) is 4.15. The minimum absolute atomic E-state index is 0.376. The molecule has 2 fully saturated rings. The third kappa shape index (κ3) is 3.73. The van der Waals surface area contributed by atoms with Gasteiger partial charge in [-0.1, -0.05) is 23.7 Å². The Bertz CT molecular complexity index is 1300. The second kappa shape index (κ2) is 8.54. The lowest BCUT2D eigenvalue weighted by atomic mass is 9.73. The highest BCUT2D eigenvalue weighted by atomic mass is 35.5. The van der Waals surface area contributed by atoms with Crippen LogP contribution in [0.1, 0.15) is 47.3 Å². The zero-order chi connectivity index (χ0) is 26.6. The minimum Gasteiger partial charge on any atom is -0.492 e. The van der Waals surface area contributed by atoms with Gasteiger partial charge in [-0.2, -0.15) is 0 Å². The third-order valence-electron chi connectivity index (χ3n) is 7.96. The highest BCUT2D eigenvalue weighted by molar-refractivity contribution is 7.91. The van der Waals surface area contributed by atoms with Crippen LogP contribution in [0.5, 0.6) is 5.75 Å². The van der Waals surface area contributed by atoms with Gasteiger partial charge in [0.2, 0.25) is 5.91 Å². The molecule has 6 nitrogen and oxygen atoms in total. The number of fused-ring (bicyclic) bond motifs is 2. The molecule has 1 saturated carbocycles. The number of amides is 1. The number of likely N-dealkylation sites (N-methyl/N-ethyl adjacent to an activating group) is 1. The quantitative estimate of drug-likeness (QED) is 0.590. The van der Waals surface area contributed by atoms with E-state index >= 15 is 0 Å². The van der Waals surface area contributed by atoms with E-state index in [4.69, 9.17) is 20.5 Å².